The molecule has 2 rings (SSSR count). The van der Waals surface area contributed by atoms with E-state index in [9.17, 15) is 9.59 Å². The van der Waals surface area contributed by atoms with Gasteiger partial charge in [-0.3, -0.25) is 9.59 Å². The molecule has 1 aromatic rings. The Bertz CT molecular complexity index is 519. The van der Waals surface area contributed by atoms with Crippen LogP contribution in [0.2, 0.25) is 15.1 Å². The molecule has 1 heterocycles. The van der Waals surface area contributed by atoms with E-state index in [2.05, 4.69) is 10.6 Å². The molecule has 0 aromatic heterocycles. The highest BCUT2D eigenvalue weighted by molar-refractivity contribution is 6.44. The quantitative estimate of drug-likeness (QED) is 0.825. The Morgan fingerprint density at radius 1 is 1.22 bits per heavy atom. The maximum absolute atomic E-state index is 11.9. The minimum Gasteiger partial charge on any atom is -0.355 e. The van der Waals surface area contributed by atoms with E-state index in [1.54, 1.807) is 0 Å². The van der Waals surface area contributed by atoms with Crippen LogP contribution in [0.3, 0.4) is 0 Å². The molecule has 18 heavy (non-hydrogen) atoms. The van der Waals surface area contributed by atoms with Crippen molar-refractivity contribution in [1.29, 1.82) is 0 Å². The molecule has 0 bridgehead atoms. The molecule has 2 N–H and O–H groups in total. The van der Waals surface area contributed by atoms with Crippen LogP contribution in [0, 0.1) is 5.92 Å². The van der Waals surface area contributed by atoms with Gasteiger partial charge in [-0.05, 0) is 12.1 Å². The molecule has 2 amide bonds. The molecule has 1 fully saturated rings. The monoisotopic (exact) mass is 306 g/mol. The van der Waals surface area contributed by atoms with E-state index in [0.717, 1.165) is 0 Å². The topological polar surface area (TPSA) is 58.2 Å². The van der Waals surface area contributed by atoms with E-state index in [4.69, 9.17) is 34.8 Å². The molecule has 1 aromatic carbocycles. The zero-order valence-corrected chi connectivity index (χ0v) is 11.4. The number of rotatable bonds is 2. The summed E-state index contributed by atoms with van der Waals surface area (Å²) in [6, 6.07) is 2.94. The molecular formula is C11H9Cl3N2O2. The number of hydrogen-bond donors (Lipinski definition) is 2. The van der Waals surface area contributed by atoms with E-state index in [-0.39, 0.29) is 24.2 Å². The van der Waals surface area contributed by atoms with Crippen LogP contribution < -0.4 is 10.6 Å². The van der Waals surface area contributed by atoms with Crippen LogP contribution in [0.15, 0.2) is 12.1 Å². The van der Waals surface area contributed by atoms with E-state index in [1.807, 2.05) is 0 Å². The lowest BCUT2D eigenvalue weighted by Gasteiger charge is -2.11. The maximum Gasteiger partial charge on any atom is 0.229 e. The second kappa shape index (κ2) is 5.34. The summed E-state index contributed by atoms with van der Waals surface area (Å²) >= 11 is 17.6. The first-order valence-electron chi connectivity index (χ1n) is 5.19. The minimum absolute atomic E-state index is 0.129. The third-order valence-corrected chi connectivity index (χ3v) is 3.65. The Hall–Kier alpha value is -0.970. The van der Waals surface area contributed by atoms with Crippen LogP contribution in [0.25, 0.3) is 0 Å². The molecule has 0 spiro atoms. The molecular weight excluding hydrogens is 298 g/mol. The highest BCUT2D eigenvalue weighted by Crippen LogP contribution is 2.32. The van der Waals surface area contributed by atoms with Gasteiger partial charge in [0.15, 0.2) is 0 Å². The summed E-state index contributed by atoms with van der Waals surface area (Å²) in [5.41, 5.74) is 0.385. The van der Waals surface area contributed by atoms with Crippen LogP contribution in [0.5, 0.6) is 0 Å². The summed E-state index contributed by atoms with van der Waals surface area (Å²) in [5.74, 6) is -0.785. The van der Waals surface area contributed by atoms with E-state index in [0.29, 0.717) is 27.3 Å². The van der Waals surface area contributed by atoms with Crippen molar-refractivity contribution in [2.24, 2.45) is 5.92 Å². The highest BCUT2D eigenvalue weighted by Gasteiger charge is 2.28. The van der Waals surface area contributed by atoms with E-state index in [1.165, 1.54) is 12.1 Å². The van der Waals surface area contributed by atoms with Gasteiger partial charge < -0.3 is 10.6 Å². The first kappa shape index (κ1) is 13.5. The van der Waals surface area contributed by atoms with Gasteiger partial charge in [0.1, 0.15) is 0 Å². The fraction of sp³-hybridized carbons (Fsp3) is 0.273. The molecule has 96 valence electrons. The van der Waals surface area contributed by atoms with Crippen LogP contribution in [0.4, 0.5) is 5.69 Å². The lowest BCUT2D eigenvalue weighted by Crippen LogP contribution is -2.24. The second-order valence-corrected chi connectivity index (χ2v) is 5.16. The van der Waals surface area contributed by atoms with Crippen molar-refractivity contribution >= 4 is 52.3 Å². The number of halogens is 3. The number of anilines is 1. The molecule has 1 unspecified atom stereocenters. The molecule has 4 nitrogen and oxygen atoms in total. The normalized spacial score (nSPS) is 18.6. The van der Waals surface area contributed by atoms with E-state index < -0.39 is 0 Å². The average molecular weight is 308 g/mol. The molecule has 0 aliphatic carbocycles. The lowest BCUT2D eigenvalue weighted by atomic mass is 10.1. The average Bonchev–Trinajstić information content (AvgIpc) is 2.73. The third-order valence-electron chi connectivity index (χ3n) is 2.62. The van der Waals surface area contributed by atoms with Crippen molar-refractivity contribution in [2.45, 2.75) is 6.42 Å². The number of amides is 2. The molecule has 0 saturated carbocycles. The first-order valence-corrected chi connectivity index (χ1v) is 6.33. The number of benzene rings is 1. The largest absolute Gasteiger partial charge is 0.355 e. The van der Waals surface area contributed by atoms with Crippen LogP contribution in [-0.4, -0.2) is 18.4 Å². The molecule has 1 aliphatic rings. The summed E-state index contributed by atoms with van der Waals surface area (Å²) in [4.78, 5) is 22.9. The van der Waals surface area contributed by atoms with Crippen molar-refractivity contribution in [3.63, 3.8) is 0 Å². The van der Waals surface area contributed by atoms with Crippen molar-refractivity contribution in [3.05, 3.63) is 27.2 Å². The van der Waals surface area contributed by atoms with Gasteiger partial charge in [0.05, 0.1) is 26.7 Å². The summed E-state index contributed by atoms with van der Waals surface area (Å²) in [5, 5.41) is 6.15. The molecule has 1 atom stereocenters. The van der Waals surface area contributed by atoms with Crippen LogP contribution >= 0.6 is 34.8 Å². The fourth-order valence-electron chi connectivity index (χ4n) is 1.64. The SMILES string of the molecule is O=C1CC(C(=O)Nc2cc(Cl)c(Cl)cc2Cl)CN1. The smallest absolute Gasteiger partial charge is 0.229 e. The number of nitrogens with one attached hydrogen (secondary N) is 2. The van der Waals surface area contributed by atoms with Gasteiger partial charge in [0, 0.05) is 13.0 Å². The van der Waals surface area contributed by atoms with Crippen LogP contribution in [0.1, 0.15) is 6.42 Å². The van der Waals surface area contributed by atoms with Gasteiger partial charge in [0.25, 0.3) is 0 Å². The van der Waals surface area contributed by atoms with Gasteiger partial charge in [-0.15, -0.1) is 0 Å². The van der Waals surface area contributed by atoms with Crippen LogP contribution in [-0.2, 0) is 9.59 Å². The van der Waals surface area contributed by atoms with Gasteiger partial charge in [-0.25, -0.2) is 0 Å². The lowest BCUT2D eigenvalue weighted by molar-refractivity contribution is -0.123. The van der Waals surface area contributed by atoms with Crippen molar-refractivity contribution in [3.8, 4) is 0 Å². The Morgan fingerprint density at radius 3 is 2.50 bits per heavy atom. The predicted octanol–water partition coefficient (Wildman–Crippen LogP) is 2.72. The Labute approximate surface area is 119 Å². The third kappa shape index (κ3) is 2.88. The zero-order chi connectivity index (χ0) is 13.3. The summed E-state index contributed by atoms with van der Waals surface area (Å²) in [7, 11) is 0. The first-order chi connectivity index (χ1) is 8.47. The molecule has 1 saturated heterocycles. The Kier molecular flexibility index (Phi) is 4.00. The molecule has 0 radical (unpaired) electrons. The van der Waals surface area contributed by atoms with Gasteiger partial charge in [-0.2, -0.15) is 0 Å². The van der Waals surface area contributed by atoms with Gasteiger partial charge in [0.2, 0.25) is 11.8 Å². The molecule has 1 aliphatic heterocycles. The van der Waals surface area contributed by atoms with E-state index >= 15 is 0 Å². The van der Waals surface area contributed by atoms with Gasteiger partial charge in [-0.1, -0.05) is 34.8 Å². The second-order valence-electron chi connectivity index (χ2n) is 3.94. The predicted molar refractivity (Wildman–Crippen MR) is 71.2 cm³/mol. The minimum atomic E-state index is -0.386. The summed E-state index contributed by atoms with van der Waals surface area (Å²) < 4.78 is 0. The number of hydrogen-bond acceptors (Lipinski definition) is 2. The number of carbonyl (C=O) groups excluding carboxylic acids is 2. The van der Waals surface area contributed by atoms with Crippen molar-refractivity contribution < 1.29 is 9.59 Å². The van der Waals surface area contributed by atoms with Crippen molar-refractivity contribution in [2.75, 3.05) is 11.9 Å². The number of carbonyl (C=O) groups is 2. The van der Waals surface area contributed by atoms with Gasteiger partial charge >= 0.3 is 0 Å². The summed E-state index contributed by atoms with van der Waals surface area (Å²) in [6.45, 7) is 0.337. The fourth-order valence-corrected chi connectivity index (χ4v) is 2.24. The Morgan fingerprint density at radius 2 is 1.89 bits per heavy atom. The standard InChI is InChI=1S/C11H9Cl3N2O2/c12-6-2-8(14)9(3-7(6)13)16-11(18)5-1-10(17)15-4-5/h2-3,5H,1,4H2,(H,15,17)(H,16,18). The highest BCUT2D eigenvalue weighted by atomic mass is 35.5. The maximum atomic E-state index is 11.9. The Balaban J connectivity index is 2.12. The van der Waals surface area contributed by atoms with Crippen molar-refractivity contribution in [1.82, 2.24) is 5.32 Å². The zero-order valence-electron chi connectivity index (χ0n) is 9.10. The molecule has 7 heteroatoms. The summed E-state index contributed by atoms with van der Waals surface area (Å²) in [6.07, 6.45) is 0.185.